The quantitative estimate of drug-likeness (QED) is 0.344. The largest absolute Gasteiger partial charge is 0.445 e. The zero-order valence-corrected chi connectivity index (χ0v) is 21.5. The van der Waals surface area contributed by atoms with E-state index in [4.69, 9.17) is 4.74 Å². The lowest BCUT2D eigenvalue weighted by molar-refractivity contribution is -0.126. The highest BCUT2D eigenvalue weighted by Crippen LogP contribution is 2.63. The van der Waals surface area contributed by atoms with Crippen molar-refractivity contribution < 1.29 is 19.4 Å². The molecule has 6 nitrogen and oxygen atoms in total. The molecule has 0 saturated heterocycles. The Hall–Kier alpha value is -3.64. The van der Waals surface area contributed by atoms with Crippen LogP contribution in [-0.4, -0.2) is 29.8 Å². The number of hydrogen-bond donors (Lipinski definition) is 3. The SMILES string of the molecule is C[C@@H](C(=O)N[C@@H](CO)Cc1ccccc1)[C@H]1C[C@]1(C)[C@H](NC(=O)OCc1ccccc1)c1ccccc1. The van der Waals surface area contributed by atoms with E-state index in [1.165, 1.54) is 0 Å². The van der Waals surface area contributed by atoms with Crippen molar-refractivity contribution in [3.63, 3.8) is 0 Å². The lowest BCUT2D eigenvalue weighted by Crippen LogP contribution is -2.43. The fraction of sp³-hybridized carbons (Fsp3) is 0.355. The second-order valence-corrected chi connectivity index (χ2v) is 10.2. The highest BCUT2D eigenvalue weighted by molar-refractivity contribution is 5.79. The fourth-order valence-corrected chi connectivity index (χ4v) is 5.23. The topological polar surface area (TPSA) is 87.7 Å². The zero-order chi connectivity index (χ0) is 26.3. The van der Waals surface area contributed by atoms with Gasteiger partial charge in [0.05, 0.1) is 18.7 Å². The van der Waals surface area contributed by atoms with Crippen molar-refractivity contribution in [2.45, 2.75) is 45.4 Å². The Kier molecular flexibility index (Phi) is 8.62. The number of aliphatic hydroxyl groups excluding tert-OH is 1. The summed E-state index contributed by atoms with van der Waals surface area (Å²) in [6.45, 7) is 4.11. The van der Waals surface area contributed by atoms with Crippen LogP contribution in [0.15, 0.2) is 91.0 Å². The third kappa shape index (κ3) is 6.77. The predicted molar refractivity (Wildman–Crippen MR) is 143 cm³/mol. The fourth-order valence-electron chi connectivity index (χ4n) is 5.23. The van der Waals surface area contributed by atoms with Gasteiger partial charge in [0, 0.05) is 5.92 Å². The summed E-state index contributed by atoms with van der Waals surface area (Å²) in [6.07, 6.45) is 0.881. The molecule has 5 atom stereocenters. The third-order valence-electron chi connectivity index (χ3n) is 7.52. The number of ether oxygens (including phenoxy) is 1. The molecular weight excluding hydrogens is 464 g/mol. The Bertz CT molecular complexity index is 1160. The maximum absolute atomic E-state index is 13.2. The van der Waals surface area contributed by atoms with Crippen LogP contribution in [0.5, 0.6) is 0 Å². The van der Waals surface area contributed by atoms with Gasteiger partial charge in [0.2, 0.25) is 5.91 Å². The van der Waals surface area contributed by atoms with Crippen LogP contribution in [0.2, 0.25) is 0 Å². The van der Waals surface area contributed by atoms with Gasteiger partial charge in [-0.25, -0.2) is 4.79 Å². The van der Waals surface area contributed by atoms with E-state index >= 15 is 0 Å². The van der Waals surface area contributed by atoms with Crippen LogP contribution >= 0.6 is 0 Å². The Morgan fingerprint density at radius 3 is 2.08 bits per heavy atom. The second kappa shape index (κ2) is 12.1. The highest BCUT2D eigenvalue weighted by atomic mass is 16.5. The van der Waals surface area contributed by atoms with Crippen LogP contribution < -0.4 is 10.6 Å². The maximum Gasteiger partial charge on any atom is 0.407 e. The molecule has 3 aromatic carbocycles. The summed E-state index contributed by atoms with van der Waals surface area (Å²) in [5.41, 5.74) is 2.66. The third-order valence-corrected chi connectivity index (χ3v) is 7.52. The molecule has 1 fully saturated rings. The predicted octanol–water partition coefficient (Wildman–Crippen LogP) is 5.04. The van der Waals surface area contributed by atoms with Crippen LogP contribution in [0, 0.1) is 17.3 Å². The van der Waals surface area contributed by atoms with Crippen LogP contribution in [-0.2, 0) is 22.6 Å². The molecule has 37 heavy (non-hydrogen) atoms. The van der Waals surface area contributed by atoms with Gasteiger partial charge in [-0.1, -0.05) is 105 Å². The molecule has 3 N–H and O–H groups in total. The number of carbonyl (C=O) groups excluding carboxylic acids is 2. The van der Waals surface area contributed by atoms with E-state index < -0.39 is 6.09 Å². The number of alkyl carbamates (subject to hydrolysis) is 1. The number of hydrogen-bond acceptors (Lipinski definition) is 4. The molecule has 0 spiro atoms. The van der Waals surface area contributed by atoms with E-state index in [1.54, 1.807) is 0 Å². The Labute approximate surface area is 219 Å². The minimum Gasteiger partial charge on any atom is -0.445 e. The van der Waals surface area contributed by atoms with Crippen LogP contribution in [0.1, 0.15) is 43.0 Å². The molecule has 2 amide bonds. The van der Waals surface area contributed by atoms with E-state index in [-0.39, 0.29) is 48.5 Å². The van der Waals surface area contributed by atoms with E-state index in [9.17, 15) is 14.7 Å². The van der Waals surface area contributed by atoms with Crippen LogP contribution in [0.25, 0.3) is 0 Å². The van der Waals surface area contributed by atoms with Gasteiger partial charge in [-0.15, -0.1) is 0 Å². The highest BCUT2D eigenvalue weighted by Gasteiger charge is 2.59. The molecule has 1 aliphatic rings. The molecule has 0 radical (unpaired) electrons. The van der Waals surface area contributed by atoms with E-state index in [1.807, 2.05) is 97.9 Å². The summed E-state index contributed by atoms with van der Waals surface area (Å²) < 4.78 is 5.51. The van der Waals surface area contributed by atoms with Crippen molar-refractivity contribution >= 4 is 12.0 Å². The van der Waals surface area contributed by atoms with Crippen LogP contribution in [0.4, 0.5) is 4.79 Å². The molecule has 1 saturated carbocycles. The molecule has 0 bridgehead atoms. The molecule has 4 rings (SSSR count). The number of nitrogens with one attached hydrogen (secondary N) is 2. The number of benzene rings is 3. The molecule has 0 aliphatic heterocycles. The van der Waals surface area contributed by atoms with Gasteiger partial charge >= 0.3 is 6.09 Å². The first-order valence-electron chi connectivity index (χ1n) is 12.9. The molecule has 3 aromatic rings. The molecule has 0 heterocycles. The summed E-state index contributed by atoms with van der Waals surface area (Å²) in [5, 5.41) is 16.0. The smallest absolute Gasteiger partial charge is 0.407 e. The molecule has 0 unspecified atom stereocenters. The summed E-state index contributed by atoms with van der Waals surface area (Å²) >= 11 is 0. The molecule has 0 aromatic heterocycles. The van der Waals surface area contributed by atoms with Crippen molar-refractivity contribution in [2.24, 2.45) is 17.3 Å². The number of amides is 2. The first-order valence-corrected chi connectivity index (χ1v) is 12.9. The molecular formula is C31H36N2O4. The summed E-state index contributed by atoms with van der Waals surface area (Å²) in [6, 6.07) is 28.6. The maximum atomic E-state index is 13.2. The zero-order valence-electron chi connectivity index (χ0n) is 21.5. The summed E-state index contributed by atoms with van der Waals surface area (Å²) in [7, 11) is 0. The lowest BCUT2D eigenvalue weighted by atomic mass is 9.86. The monoisotopic (exact) mass is 500 g/mol. The van der Waals surface area contributed by atoms with Crippen molar-refractivity contribution in [1.82, 2.24) is 10.6 Å². The van der Waals surface area contributed by atoms with Crippen molar-refractivity contribution in [1.29, 1.82) is 0 Å². The second-order valence-electron chi connectivity index (χ2n) is 10.2. The number of carbonyl (C=O) groups is 2. The summed E-state index contributed by atoms with van der Waals surface area (Å²) in [5.74, 6) is -0.284. The van der Waals surface area contributed by atoms with Crippen molar-refractivity contribution in [3.05, 3.63) is 108 Å². The molecule has 194 valence electrons. The Balaban J connectivity index is 1.41. The van der Waals surface area contributed by atoms with E-state index in [2.05, 4.69) is 17.6 Å². The Morgan fingerprint density at radius 1 is 0.919 bits per heavy atom. The number of aliphatic hydroxyl groups is 1. The normalized spacial score (nSPS) is 20.8. The van der Waals surface area contributed by atoms with E-state index in [0.29, 0.717) is 6.42 Å². The standard InChI is InChI=1S/C31H36N2O4/c1-22(29(35)32-26(20-34)18-23-12-6-3-7-13-23)27-19-31(27,2)28(25-16-10-5-11-17-25)33-30(36)37-21-24-14-8-4-9-15-24/h3-17,22,26-28,34H,18-21H2,1-2H3,(H,32,35)(H,33,36)/t22-,26-,27-,28-,31+/m1/s1. The van der Waals surface area contributed by atoms with Gasteiger partial charge < -0.3 is 20.5 Å². The van der Waals surface area contributed by atoms with Gasteiger partial charge in [-0.2, -0.15) is 0 Å². The van der Waals surface area contributed by atoms with Gasteiger partial charge in [-0.3, -0.25) is 4.79 Å². The summed E-state index contributed by atoms with van der Waals surface area (Å²) in [4.78, 5) is 26.0. The molecule has 6 heteroatoms. The Morgan fingerprint density at radius 2 is 1.49 bits per heavy atom. The lowest BCUT2D eigenvalue weighted by Gasteiger charge is -2.28. The van der Waals surface area contributed by atoms with Crippen molar-refractivity contribution in [3.8, 4) is 0 Å². The van der Waals surface area contributed by atoms with Gasteiger partial charge in [0.25, 0.3) is 0 Å². The van der Waals surface area contributed by atoms with Crippen LogP contribution in [0.3, 0.4) is 0 Å². The average Bonchev–Trinajstić information content (AvgIpc) is 3.63. The minimum atomic E-state index is -0.482. The molecule has 1 aliphatic carbocycles. The van der Waals surface area contributed by atoms with Crippen molar-refractivity contribution in [2.75, 3.05) is 6.61 Å². The van der Waals surface area contributed by atoms with Gasteiger partial charge in [0.15, 0.2) is 0 Å². The average molecular weight is 501 g/mol. The van der Waals surface area contributed by atoms with E-state index in [0.717, 1.165) is 23.1 Å². The number of rotatable bonds is 11. The first kappa shape index (κ1) is 26.4. The van der Waals surface area contributed by atoms with Gasteiger partial charge in [-0.05, 0) is 40.9 Å². The minimum absolute atomic E-state index is 0.0724. The first-order chi connectivity index (χ1) is 17.9. The van der Waals surface area contributed by atoms with Gasteiger partial charge in [0.1, 0.15) is 6.61 Å².